The van der Waals surface area contributed by atoms with E-state index in [4.69, 9.17) is 4.74 Å². The average Bonchev–Trinajstić information content (AvgIpc) is 3.03. The van der Waals surface area contributed by atoms with Crippen LogP contribution in [0.3, 0.4) is 0 Å². The Morgan fingerprint density at radius 1 is 1.14 bits per heavy atom. The summed E-state index contributed by atoms with van der Waals surface area (Å²) >= 11 is 0. The highest BCUT2D eigenvalue weighted by Gasteiger charge is 2.22. The van der Waals surface area contributed by atoms with Crippen LogP contribution in [0, 0.1) is 5.92 Å². The summed E-state index contributed by atoms with van der Waals surface area (Å²) in [5.41, 5.74) is 3.59. The van der Waals surface area contributed by atoms with E-state index >= 15 is 0 Å². The Kier molecular flexibility index (Phi) is 4.76. The molecule has 0 spiro atoms. The highest BCUT2D eigenvalue weighted by molar-refractivity contribution is 5.66. The molecule has 22 heavy (non-hydrogen) atoms. The third-order valence-corrected chi connectivity index (χ3v) is 4.42. The molecule has 2 aromatic carbocycles. The quantitative estimate of drug-likeness (QED) is 0.920. The first-order valence-electron chi connectivity index (χ1n) is 7.85. The number of hydrogen-bond donors (Lipinski definition) is 1. The summed E-state index contributed by atoms with van der Waals surface area (Å²) in [6, 6.07) is 16.8. The molecule has 1 aliphatic rings. The SMILES string of the molecule is COc1cc(-c2ccccc2)ccc1CN1CCC(CO)C1. The molecule has 0 aromatic heterocycles. The van der Waals surface area contributed by atoms with E-state index in [2.05, 4.69) is 47.4 Å². The Labute approximate surface area is 132 Å². The molecule has 2 aromatic rings. The fourth-order valence-corrected chi connectivity index (χ4v) is 3.13. The van der Waals surface area contributed by atoms with Gasteiger partial charge in [-0.25, -0.2) is 0 Å². The molecule has 1 fully saturated rings. The van der Waals surface area contributed by atoms with Crippen molar-refractivity contribution >= 4 is 0 Å². The van der Waals surface area contributed by atoms with E-state index in [1.807, 2.05) is 6.07 Å². The molecule has 1 atom stereocenters. The molecule has 3 rings (SSSR count). The summed E-state index contributed by atoms with van der Waals surface area (Å²) in [4.78, 5) is 2.39. The van der Waals surface area contributed by atoms with Crippen LogP contribution in [0.4, 0.5) is 0 Å². The lowest BCUT2D eigenvalue weighted by atomic mass is 10.0. The van der Waals surface area contributed by atoms with E-state index in [1.165, 1.54) is 16.7 Å². The van der Waals surface area contributed by atoms with Crippen LogP contribution in [0.1, 0.15) is 12.0 Å². The van der Waals surface area contributed by atoms with Crippen molar-refractivity contribution in [2.24, 2.45) is 5.92 Å². The largest absolute Gasteiger partial charge is 0.496 e. The van der Waals surface area contributed by atoms with E-state index in [0.29, 0.717) is 12.5 Å². The van der Waals surface area contributed by atoms with E-state index in [9.17, 15) is 5.11 Å². The number of methoxy groups -OCH3 is 1. The lowest BCUT2D eigenvalue weighted by Crippen LogP contribution is -2.21. The first-order valence-corrected chi connectivity index (χ1v) is 7.85. The van der Waals surface area contributed by atoms with E-state index in [-0.39, 0.29) is 0 Å². The van der Waals surface area contributed by atoms with Gasteiger partial charge in [0.05, 0.1) is 7.11 Å². The van der Waals surface area contributed by atoms with Gasteiger partial charge in [-0.1, -0.05) is 42.5 Å². The zero-order valence-corrected chi connectivity index (χ0v) is 13.0. The van der Waals surface area contributed by atoms with E-state index in [0.717, 1.165) is 31.8 Å². The second-order valence-corrected chi connectivity index (χ2v) is 5.97. The molecule has 0 amide bonds. The van der Waals surface area contributed by atoms with Gasteiger partial charge in [0.1, 0.15) is 5.75 Å². The Morgan fingerprint density at radius 3 is 2.64 bits per heavy atom. The third kappa shape index (κ3) is 3.32. The predicted molar refractivity (Wildman–Crippen MR) is 88.9 cm³/mol. The average molecular weight is 297 g/mol. The summed E-state index contributed by atoms with van der Waals surface area (Å²) in [6.07, 6.45) is 1.08. The van der Waals surface area contributed by atoms with Crippen molar-refractivity contribution in [2.75, 3.05) is 26.8 Å². The molecule has 116 valence electrons. The Hall–Kier alpha value is -1.84. The van der Waals surface area contributed by atoms with Crippen LogP contribution >= 0.6 is 0 Å². The molecule has 1 unspecified atom stereocenters. The van der Waals surface area contributed by atoms with Crippen LogP contribution in [-0.2, 0) is 6.54 Å². The maximum atomic E-state index is 9.26. The first kappa shape index (κ1) is 15.1. The van der Waals surface area contributed by atoms with Gasteiger partial charge >= 0.3 is 0 Å². The third-order valence-electron chi connectivity index (χ3n) is 4.42. The minimum Gasteiger partial charge on any atom is -0.496 e. The van der Waals surface area contributed by atoms with Crippen LogP contribution in [0.15, 0.2) is 48.5 Å². The normalized spacial score (nSPS) is 18.5. The lowest BCUT2D eigenvalue weighted by Gasteiger charge is -2.18. The van der Waals surface area contributed by atoms with Crippen molar-refractivity contribution in [3.8, 4) is 16.9 Å². The molecule has 1 saturated heterocycles. The summed E-state index contributed by atoms with van der Waals surface area (Å²) in [6.45, 7) is 3.20. The molecule has 0 saturated carbocycles. The second-order valence-electron chi connectivity index (χ2n) is 5.97. The number of rotatable bonds is 5. The fraction of sp³-hybridized carbons (Fsp3) is 0.368. The molecule has 0 aliphatic carbocycles. The molecule has 0 radical (unpaired) electrons. The van der Waals surface area contributed by atoms with Crippen molar-refractivity contribution in [1.82, 2.24) is 4.90 Å². The smallest absolute Gasteiger partial charge is 0.123 e. The highest BCUT2D eigenvalue weighted by atomic mass is 16.5. The first-order chi connectivity index (χ1) is 10.8. The molecule has 1 heterocycles. The number of nitrogens with zero attached hydrogens (tertiary/aromatic N) is 1. The molecule has 3 nitrogen and oxygen atoms in total. The fourth-order valence-electron chi connectivity index (χ4n) is 3.13. The molecule has 0 bridgehead atoms. The van der Waals surface area contributed by atoms with Crippen molar-refractivity contribution in [3.05, 3.63) is 54.1 Å². The van der Waals surface area contributed by atoms with E-state index in [1.54, 1.807) is 7.11 Å². The van der Waals surface area contributed by atoms with Crippen molar-refractivity contribution in [1.29, 1.82) is 0 Å². The minimum atomic E-state index is 0.292. The van der Waals surface area contributed by atoms with Crippen molar-refractivity contribution < 1.29 is 9.84 Å². The van der Waals surface area contributed by atoms with Gasteiger partial charge in [0.25, 0.3) is 0 Å². The van der Waals surface area contributed by atoms with Crippen LogP contribution in [0.2, 0.25) is 0 Å². The second kappa shape index (κ2) is 6.95. The molecule has 1 aliphatic heterocycles. The van der Waals surface area contributed by atoms with Gasteiger partial charge < -0.3 is 9.84 Å². The van der Waals surface area contributed by atoms with Crippen molar-refractivity contribution in [2.45, 2.75) is 13.0 Å². The zero-order chi connectivity index (χ0) is 15.4. The van der Waals surface area contributed by atoms with Gasteiger partial charge in [-0.05, 0) is 36.1 Å². The number of ether oxygens (including phenoxy) is 1. The Balaban J connectivity index is 1.78. The zero-order valence-electron chi connectivity index (χ0n) is 13.0. The van der Waals surface area contributed by atoms with Crippen LogP contribution in [0.5, 0.6) is 5.75 Å². The molecule has 3 heteroatoms. The molecule has 1 N–H and O–H groups in total. The predicted octanol–water partition coefficient (Wildman–Crippen LogP) is 3.18. The standard InChI is InChI=1S/C19H23NO2/c1-22-19-11-17(16-5-3-2-4-6-16)7-8-18(19)13-20-10-9-15(12-20)14-21/h2-8,11,15,21H,9-10,12-14H2,1H3. The van der Waals surface area contributed by atoms with Gasteiger partial charge in [-0.15, -0.1) is 0 Å². The van der Waals surface area contributed by atoms with Gasteiger partial charge in [0.2, 0.25) is 0 Å². The van der Waals surface area contributed by atoms with Gasteiger partial charge in [0, 0.05) is 25.3 Å². The van der Waals surface area contributed by atoms with Gasteiger partial charge in [-0.2, -0.15) is 0 Å². The Morgan fingerprint density at radius 2 is 1.95 bits per heavy atom. The highest BCUT2D eigenvalue weighted by Crippen LogP contribution is 2.29. The molecular formula is C19H23NO2. The number of aliphatic hydroxyl groups is 1. The van der Waals surface area contributed by atoms with Crippen LogP contribution in [0.25, 0.3) is 11.1 Å². The summed E-state index contributed by atoms with van der Waals surface area (Å²) < 4.78 is 5.59. The van der Waals surface area contributed by atoms with Crippen LogP contribution in [-0.4, -0.2) is 36.8 Å². The number of benzene rings is 2. The number of hydrogen-bond acceptors (Lipinski definition) is 3. The van der Waals surface area contributed by atoms with E-state index < -0.39 is 0 Å². The van der Waals surface area contributed by atoms with Crippen molar-refractivity contribution in [3.63, 3.8) is 0 Å². The maximum absolute atomic E-state index is 9.26. The summed E-state index contributed by atoms with van der Waals surface area (Å²) in [7, 11) is 1.73. The topological polar surface area (TPSA) is 32.7 Å². The summed E-state index contributed by atoms with van der Waals surface area (Å²) in [5, 5.41) is 9.26. The number of aliphatic hydroxyl groups excluding tert-OH is 1. The van der Waals surface area contributed by atoms with Gasteiger partial charge in [0.15, 0.2) is 0 Å². The maximum Gasteiger partial charge on any atom is 0.123 e. The summed E-state index contributed by atoms with van der Waals surface area (Å²) in [5.74, 6) is 1.36. The Bertz CT molecular complexity index is 612. The molecular weight excluding hydrogens is 274 g/mol. The minimum absolute atomic E-state index is 0.292. The van der Waals surface area contributed by atoms with Gasteiger partial charge in [-0.3, -0.25) is 4.90 Å². The van der Waals surface area contributed by atoms with Crippen LogP contribution < -0.4 is 4.74 Å². The number of likely N-dealkylation sites (tertiary alicyclic amines) is 1. The lowest BCUT2D eigenvalue weighted by molar-refractivity contribution is 0.219. The monoisotopic (exact) mass is 297 g/mol.